The van der Waals surface area contributed by atoms with Gasteiger partial charge in [-0.05, 0) is 25.5 Å². The van der Waals surface area contributed by atoms with E-state index in [0.29, 0.717) is 5.56 Å². The first-order valence-corrected chi connectivity index (χ1v) is 5.61. The molecular formula is C12H15NO6. The van der Waals surface area contributed by atoms with Crippen molar-refractivity contribution in [2.75, 3.05) is 6.61 Å². The van der Waals surface area contributed by atoms with Crippen LogP contribution < -0.4 is 0 Å². The van der Waals surface area contributed by atoms with Crippen LogP contribution >= 0.6 is 0 Å². The molecule has 3 N–H and O–H groups in total. The van der Waals surface area contributed by atoms with E-state index in [9.17, 15) is 19.8 Å². The molecule has 0 fully saturated rings. The summed E-state index contributed by atoms with van der Waals surface area (Å²) in [5, 5.41) is 28.5. The molecule has 0 saturated carbocycles. The number of nitrogens with zero attached hydrogens (tertiary/aromatic N) is 1. The highest BCUT2D eigenvalue weighted by molar-refractivity contribution is 5.87. The Morgan fingerprint density at radius 3 is 2.58 bits per heavy atom. The van der Waals surface area contributed by atoms with Crippen molar-refractivity contribution >= 4 is 11.9 Å². The van der Waals surface area contributed by atoms with E-state index in [1.165, 1.54) is 12.3 Å². The molecular weight excluding hydrogens is 254 g/mol. The van der Waals surface area contributed by atoms with Crippen molar-refractivity contribution in [2.45, 2.75) is 26.1 Å². The van der Waals surface area contributed by atoms with Gasteiger partial charge in [0.2, 0.25) is 0 Å². The molecule has 0 saturated heterocycles. The lowest BCUT2D eigenvalue weighted by molar-refractivity contribution is -0.159. The first-order valence-electron chi connectivity index (χ1n) is 5.61. The van der Waals surface area contributed by atoms with Crippen LogP contribution in [0.15, 0.2) is 12.3 Å². The van der Waals surface area contributed by atoms with Gasteiger partial charge in [-0.2, -0.15) is 0 Å². The Bertz CT molecular complexity index is 487. The highest BCUT2D eigenvalue weighted by Crippen LogP contribution is 2.22. The van der Waals surface area contributed by atoms with Crippen LogP contribution in [0.4, 0.5) is 0 Å². The van der Waals surface area contributed by atoms with Crippen molar-refractivity contribution in [1.29, 1.82) is 0 Å². The third-order valence-electron chi connectivity index (χ3n) is 2.40. The monoisotopic (exact) mass is 269 g/mol. The van der Waals surface area contributed by atoms with E-state index < -0.39 is 29.8 Å². The maximum atomic E-state index is 11.3. The number of carbonyl (C=O) groups is 2. The van der Waals surface area contributed by atoms with Crippen molar-refractivity contribution in [3.63, 3.8) is 0 Å². The number of hydrogen-bond acceptors (Lipinski definition) is 6. The van der Waals surface area contributed by atoms with Crippen molar-refractivity contribution in [1.82, 2.24) is 4.98 Å². The van der Waals surface area contributed by atoms with Gasteiger partial charge in [0.25, 0.3) is 0 Å². The van der Waals surface area contributed by atoms with E-state index in [1.807, 2.05) is 0 Å². The molecule has 1 aromatic heterocycles. The predicted molar refractivity (Wildman–Crippen MR) is 63.5 cm³/mol. The number of carboxylic acid groups (broad SMARTS) is 1. The van der Waals surface area contributed by atoms with Crippen molar-refractivity contribution in [2.24, 2.45) is 0 Å². The fourth-order valence-electron chi connectivity index (χ4n) is 1.52. The molecule has 1 aromatic rings. The van der Waals surface area contributed by atoms with E-state index in [0.717, 1.165) is 0 Å². The number of aliphatic hydroxyl groups excluding tert-OH is 2. The third-order valence-corrected chi connectivity index (χ3v) is 2.40. The van der Waals surface area contributed by atoms with Gasteiger partial charge in [0.15, 0.2) is 11.8 Å². The lowest BCUT2D eigenvalue weighted by Gasteiger charge is -2.18. The summed E-state index contributed by atoms with van der Waals surface area (Å²) >= 11 is 0. The molecule has 0 aliphatic rings. The summed E-state index contributed by atoms with van der Waals surface area (Å²) in [5.74, 6) is -2.38. The molecule has 0 radical (unpaired) electrons. The number of rotatable bonds is 5. The van der Waals surface area contributed by atoms with Gasteiger partial charge in [0, 0.05) is 11.8 Å². The summed E-state index contributed by atoms with van der Waals surface area (Å²) in [6, 6.07) is 1.35. The van der Waals surface area contributed by atoms with E-state index in [4.69, 9.17) is 5.11 Å². The second kappa shape index (κ2) is 6.26. The molecule has 7 nitrogen and oxygen atoms in total. The largest absolute Gasteiger partial charge is 0.477 e. The van der Waals surface area contributed by atoms with Gasteiger partial charge in [-0.15, -0.1) is 0 Å². The van der Waals surface area contributed by atoms with Crippen LogP contribution in [-0.4, -0.2) is 45.0 Å². The van der Waals surface area contributed by atoms with Gasteiger partial charge in [-0.1, -0.05) is 0 Å². The molecule has 1 heterocycles. The Morgan fingerprint density at radius 1 is 1.42 bits per heavy atom. The summed E-state index contributed by atoms with van der Waals surface area (Å²) in [7, 11) is 0. The molecule has 0 aliphatic carbocycles. The minimum absolute atomic E-state index is 0.0421. The number of aromatic carboxylic acids is 1. The highest BCUT2D eigenvalue weighted by atomic mass is 16.5. The quantitative estimate of drug-likeness (QED) is 0.646. The molecule has 0 aliphatic heterocycles. The summed E-state index contributed by atoms with van der Waals surface area (Å²) < 4.78 is 4.56. The first kappa shape index (κ1) is 15.1. The first-order chi connectivity index (χ1) is 8.88. The molecule has 0 bridgehead atoms. The van der Waals surface area contributed by atoms with Gasteiger partial charge in [-0.25, -0.2) is 14.6 Å². The Hall–Kier alpha value is -1.99. The average molecular weight is 269 g/mol. The van der Waals surface area contributed by atoms with Crippen molar-refractivity contribution < 1.29 is 29.6 Å². The van der Waals surface area contributed by atoms with E-state index in [-0.39, 0.29) is 12.2 Å². The van der Waals surface area contributed by atoms with Gasteiger partial charge >= 0.3 is 11.9 Å². The number of aliphatic hydroxyl groups is 2. The van der Waals surface area contributed by atoms with E-state index in [1.54, 1.807) is 13.8 Å². The number of aryl methyl sites for hydroxylation is 1. The lowest BCUT2D eigenvalue weighted by Crippen LogP contribution is -2.31. The van der Waals surface area contributed by atoms with Crippen LogP contribution in [-0.2, 0) is 9.53 Å². The fourth-order valence-corrected chi connectivity index (χ4v) is 1.52. The Balaban J connectivity index is 3.10. The predicted octanol–water partition coefficient (Wildman–Crippen LogP) is 0.0456. The minimum Gasteiger partial charge on any atom is -0.477 e. The van der Waals surface area contributed by atoms with Gasteiger partial charge in [-0.3, -0.25) is 0 Å². The molecule has 2 unspecified atom stereocenters. The summed E-state index contributed by atoms with van der Waals surface area (Å²) in [6.45, 7) is 3.24. The topological polar surface area (TPSA) is 117 Å². The highest BCUT2D eigenvalue weighted by Gasteiger charge is 2.30. The van der Waals surface area contributed by atoms with E-state index in [2.05, 4.69) is 9.72 Å². The molecule has 1 rings (SSSR count). The second-order valence-corrected chi connectivity index (χ2v) is 3.90. The molecule has 0 amide bonds. The minimum atomic E-state index is -1.86. The van der Waals surface area contributed by atoms with Crippen LogP contribution in [0, 0.1) is 6.92 Å². The fraction of sp³-hybridized carbons (Fsp3) is 0.417. The number of aromatic nitrogens is 1. The Morgan fingerprint density at radius 2 is 2.05 bits per heavy atom. The number of ether oxygens (including phenoxy) is 1. The molecule has 19 heavy (non-hydrogen) atoms. The summed E-state index contributed by atoms with van der Waals surface area (Å²) in [4.78, 5) is 26.0. The van der Waals surface area contributed by atoms with Crippen LogP contribution in [0.2, 0.25) is 0 Å². The standard InChI is InChI=1S/C12H15NO6/c1-3-19-12(18)10(15)9(14)7-4-6(2)5-13-8(7)11(16)17/h4-5,9-10,14-15H,3H2,1-2H3,(H,16,17). The zero-order valence-electron chi connectivity index (χ0n) is 10.5. The van der Waals surface area contributed by atoms with Crippen molar-refractivity contribution in [3.8, 4) is 0 Å². The van der Waals surface area contributed by atoms with Crippen LogP contribution in [0.1, 0.15) is 34.6 Å². The maximum Gasteiger partial charge on any atom is 0.354 e. The average Bonchev–Trinajstić information content (AvgIpc) is 2.36. The number of carboxylic acids is 1. The van der Waals surface area contributed by atoms with Gasteiger partial charge < -0.3 is 20.1 Å². The maximum absolute atomic E-state index is 11.3. The Labute approximate surface area is 109 Å². The normalized spacial score (nSPS) is 13.7. The lowest BCUT2D eigenvalue weighted by atomic mass is 10.0. The van der Waals surface area contributed by atoms with Crippen LogP contribution in [0.3, 0.4) is 0 Å². The SMILES string of the molecule is CCOC(=O)C(O)C(O)c1cc(C)cnc1C(=O)O. The Kier molecular flexibility index (Phi) is 4.96. The number of carbonyl (C=O) groups excluding carboxylic acids is 1. The molecule has 104 valence electrons. The molecule has 0 aromatic carbocycles. The summed E-state index contributed by atoms with van der Waals surface area (Å²) in [5.41, 5.74) is 0.0459. The zero-order chi connectivity index (χ0) is 14.6. The number of esters is 1. The zero-order valence-corrected chi connectivity index (χ0v) is 10.5. The molecule has 7 heteroatoms. The number of hydrogen-bond donors (Lipinski definition) is 3. The van der Waals surface area contributed by atoms with Gasteiger partial charge in [0.1, 0.15) is 6.10 Å². The number of pyridine rings is 1. The van der Waals surface area contributed by atoms with E-state index >= 15 is 0 Å². The molecule has 0 spiro atoms. The van der Waals surface area contributed by atoms with Crippen LogP contribution in [0.25, 0.3) is 0 Å². The van der Waals surface area contributed by atoms with Crippen LogP contribution in [0.5, 0.6) is 0 Å². The third kappa shape index (κ3) is 3.49. The van der Waals surface area contributed by atoms with Gasteiger partial charge in [0.05, 0.1) is 6.61 Å². The smallest absolute Gasteiger partial charge is 0.354 e. The van der Waals surface area contributed by atoms with Crippen molar-refractivity contribution in [3.05, 3.63) is 29.1 Å². The second-order valence-electron chi connectivity index (χ2n) is 3.90. The summed E-state index contributed by atoms with van der Waals surface area (Å²) in [6.07, 6.45) is -2.25. The molecule has 2 atom stereocenters.